The smallest absolute Gasteiger partial charge is 0.251 e. The molecule has 0 bridgehead atoms. The van der Waals surface area contributed by atoms with E-state index in [0.717, 1.165) is 5.69 Å². The molecule has 0 aliphatic heterocycles. The van der Waals surface area contributed by atoms with Crippen LogP contribution in [-0.4, -0.2) is 13.0 Å². The molecule has 5 heteroatoms. The highest BCUT2D eigenvalue weighted by molar-refractivity contribution is 6.30. The Hall–Kier alpha value is -2.07. The molecule has 2 N–H and O–H groups in total. The van der Waals surface area contributed by atoms with E-state index in [9.17, 15) is 9.18 Å². The van der Waals surface area contributed by atoms with Crippen molar-refractivity contribution in [2.24, 2.45) is 0 Å². The second kappa shape index (κ2) is 6.39. The number of carbonyl (C=O) groups is 1. The van der Waals surface area contributed by atoms with Crippen molar-refractivity contribution < 1.29 is 9.18 Å². The molecule has 3 nitrogen and oxygen atoms in total. The number of amides is 1. The van der Waals surface area contributed by atoms with Crippen molar-refractivity contribution in [3.05, 3.63) is 64.4 Å². The fourth-order valence-corrected chi connectivity index (χ4v) is 1.96. The van der Waals surface area contributed by atoms with Gasteiger partial charge in [-0.05, 0) is 30.3 Å². The molecule has 0 spiro atoms. The number of hydrogen-bond donors (Lipinski definition) is 2. The molecular formula is C15H14ClFN2O. The second-order valence-electron chi connectivity index (χ2n) is 4.22. The number of nitrogens with one attached hydrogen (secondary N) is 2. The van der Waals surface area contributed by atoms with Crippen LogP contribution in [0.25, 0.3) is 0 Å². The van der Waals surface area contributed by atoms with Crippen LogP contribution >= 0.6 is 11.6 Å². The summed E-state index contributed by atoms with van der Waals surface area (Å²) in [6.07, 6.45) is 0. The first-order chi connectivity index (χ1) is 9.61. The summed E-state index contributed by atoms with van der Waals surface area (Å²) >= 11 is 5.72. The van der Waals surface area contributed by atoms with Gasteiger partial charge in [0.25, 0.3) is 5.91 Å². The van der Waals surface area contributed by atoms with E-state index in [2.05, 4.69) is 10.6 Å². The van der Waals surface area contributed by atoms with Gasteiger partial charge in [0.05, 0.1) is 5.02 Å². The molecule has 0 atom stereocenters. The summed E-state index contributed by atoms with van der Waals surface area (Å²) in [4.78, 5) is 11.4. The van der Waals surface area contributed by atoms with Gasteiger partial charge in [0.2, 0.25) is 0 Å². The maximum absolute atomic E-state index is 13.7. The quantitative estimate of drug-likeness (QED) is 0.906. The number of hydrogen-bond acceptors (Lipinski definition) is 2. The van der Waals surface area contributed by atoms with E-state index in [-0.39, 0.29) is 10.9 Å². The van der Waals surface area contributed by atoms with Gasteiger partial charge in [0, 0.05) is 30.4 Å². The second-order valence-corrected chi connectivity index (χ2v) is 4.63. The van der Waals surface area contributed by atoms with E-state index in [0.29, 0.717) is 17.7 Å². The van der Waals surface area contributed by atoms with Crippen LogP contribution in [0.4, 0.5) is 10.1 Å². The Kier molecular flexibility index (Phi) is 4.58. The van der Waals surface area contributed by atoms with Crippen molar-refractivity contribution in [3.63, 3.8) is 0 Å². The molecule has 0 heterocycles. The largest absolute Gasteiger partial charge is 0.381 e. The molecule has 0 aliphatic rings. The van der Waals surface area contributed by atoms with Gasteiger partial charge < -0.3 is 10.6 Å². The zero-order chi connectivity index (χ0) is 14.5. The molecular weight excluding hydrogens is 279 g/mol. The average Bonchev–Trinajstić information content (AvgIpc) is 2.48. The van der Waals surface area contributed by atoms with Gasteiger partial charge in [-0.2, -0.15) is 0 Å². The summed E-state index contributed by atoms with van der Waals surface area (Å²) < 4.78 is 13.7. The summed E-state index contributed by atoms with van der Waals surface area (Å²) in [6.45, 7) is 0.325. The molecule has 2 rings (SSSR count). The molecule has 0 aromatic heterocycles. The Morgan fingerprint density at radius 1 is 1.20 bits per heavy atom. The third kappa shape index (κ3) is 3.27. The van der Waals surface area contributed by atoms with Crippen LogP contribution in [0.15, 0.2) is 42.5 Å². The first-order valence-corrected chi connectivity index (χ1v) is 6.48. The van der Waals surface area contributed by atoms with Crippen molar-refractivity contribution >= 4 is 23.2 Å². The topological polar surface area (TPSA) is 41.1 Å². The number of rotatable bonds is 4. The van der Waals surface area contributed by atoms with Gasteiger partial charge >= 0.3 is 0 Å². The number of anilines is 1. The lowest BCUT2D eigenvalue weighted by Crippen LogP contribution is -2.17. The minimum absolute atomic E-state index is 0.110. The molecule has 0 aliphatic carbocycles. The van der Waals surface area contributed by atoms with Crippen molar-refractivity contribution in [3.8, 4) is 0 Å². The minimum Gasteiger partial charge on any atom is -0.381 e. The van der Waals surface area contributed by atoms with Crippen molar-refractivity contribution in [1.82, 2.24) is 5.32 Å². The molecule has 0 saturated heterocycles. The minimum atomic E-state index is -0.413. The van der Waals surface area contributed by atoms with Crippen LogP contribution in [-0.2, 0) is 6.54 Å². The van der Waals surface area contributed by atoms with Gasteiger partial charge in [-0.25, -0.2) is 4.39 Å². The predicted octanol–water partition coefficient (Wildman–Crippen LogP) is 3.45. The predicted molar refractivity (Wildman–Crippen MR) is 78.6 cm³/mol. The normalized spacial score (nSPS) is 10.2. The Bertz CT molecular complexity index is 614. The molecule has 20 heavy (non-hydrogen) atoms. The van der Waals surface area contributed by atoms with Crippen LogP contribution in [0.5, 0.6) is 0 Å². The summed E-state index contributed by atoms with van der Waals surface area (Å²) in [5, 5.41) is 5.74. The van der Waals surface area contributed by atoms with Crippen molar-refractivity contribution in [2.75, 3.05) is 12.4 Å². The van der Waals surface area contributed by atoms with Gasteiger partial charge in [-0.15, -0.1) is 0 Å². The fourth-order valence-electron chi connectivity index (χ4n) is 1.77. The molecule has 104 valence electrons. The van der Waals surface area contributed by atoms with Crippen LogP contribution in [0.1, 0.15) is 15.9 Å². The van der Waals surface area contributed by atoms with E-state index in [1.165, 1.54) is 6.07 Å². The highest BCUT2D eigenvalue weighted by Gasteiger charge is 2.06. The van der Waals surface area contributed by atoms with E-state index in [4.69, 9.17) is 11.6 Å². The lowest BCUT2D eigenvalue weighted by atomic mass is 10.1. The monoisotopic (exact) mass is 292 g/mol. The lowest BCUT2D eigenvalue weighted by Gasteiger charge is -2.09. The average molecular weight is 293 g/mol. The lowest BCUT2D eigenvalue weighted by molar-refractivity contribution is 0.0963. The summed E-state index contributed by atoms with van der Waals surface area (Å²) in [5.41, 5.74) is 1.87. The molecule has 1 amide bonds. The number of halogens is 2. The summed E-state index contributed by atoms with van der Waals surface area (Å²) in [5.74, 6) is -0.555. The van der Waals surface area contributed by atoms with E-state index >= 15 is 0 Å². The third-order valence-corrected chi connectivity index (χ3v) is 3.18. The van der Waals surface area contributed by atoms with Crippen LogP contribution in [0, 0.1) is 5.82 Å². The Labute approximate surface area is 121 Å². The van der Waals surface area contributed by atoms with Crippen LogP contribution < -0.4 is 10.6 Å². The first-order valence-electron chi connectivity index (χ1n) is 6.10. The maximum Gasteiger partial charge on any atom is 0.251 e. The van der Waals surface area contributed by atoms with E-state index < -0.39 is 5.82 Å². The Balaban J connectivity index is 2.04. The third-order valence-electron chi connectivity index (χ3n) is 2.89. The van der Waals surface area contributed by atoms with E-state index in [1.54, 1.807) is 43.4 Å². The van der Waals surface area contributed by atoms with Crippen molar-refractivity contribution in [1.29, 1.82) is 0 Å². The maximum atomic E-state index is 13.7. The molecule has 0 unspecified atom stereocenters. The van der Waals surface area contributed by atoms with E-state index in [1.807, 2.05) is 0 Å². The Morgan fingerprint density at radius 2 is 1.90 bits per heavy atom. The fraction of sp³-hybridized carbons (Fsp3) is 0.133. The molecule has 0 fully saturated rings. The highest BCUT2D eigenvalue weighted by Crippen LogP contribution is 2.19. The number of carbonyl (C=O) groups excluding carboxylic acids is 1. The molecule has 2 aromatic rings. The summed E-state index contributed by atoms with van der Waals surface area (Å²) in [6, 6.07) is 11.8. The van der Waals surface area contributed by atoms with Crippen molar-refractivity contribution in [2.45, 2.75) is 6.54 Å². The Morgan fingerprint density at radius 3 is 2.55 bits per heavy atom. The first kappa shape index (κ1) is 14.3. The standard InChI is InChI=1S/C15H14ClFN2O/c1-18-15(20)10-5-7-12(8-6-10)19-9-11-3-2-4-13(16)14(11)17/h2-8,19H,9H2,1H3,(H,18,20). The SMILES string of the molecule is CNC(=O)c1ccc(NCc2cccc(Cl)c2F)cc1. The molecule has 0 radical (unpaired) electrons. The van der Waals surface area contributed by atoms with Gasteiger partial charge in [-0.1, -0.05) is 23.7 Å². The van der Waals surface area contributed by atoms with Gasteiger partial charge in [0.1, 0.15) is 5.82 Å². The highest BCUT2D eigenvalue weighted by atomic mass is 35.5. The van der Waals surface area contributed by atoms with Gasteiger partial charge in [0.15, 0.2) is 0 Å². The van der Waals surface area contributed by atoms with Gasteiger partial charge in [-0.3, -0.25) is 4.79 Å². The molecule has 2 aromatic carbocycles. The number of benzene rings is 2. The van der Waals surface area contributed by atoms with Crippen LogP contribution in [0.2, 0.25) is 5.02 Å². The zero-order valence-electron chi connectivity index (χ0n) is 10.9. The zero-order valence-corrected chi connectivity index (χ0v) is 11.7. The van der Waals surface area contributed by atoms with Crippen LogP contribution in [0.3, 0.4) is 0 Å². The molecule has 0 saturated carbocycles. The summed E-state index contributed by atoms with van der Waals surface area (Å²) in [7, 11) is 1.58.